The molecule has 14 nitrogen and oxygen atoms in total. The van der Waals surface area contributed by atoms with Crippen LogP contribution in [0.4, 0.5) is 4.79 Å². The molecule has 2 aliphatic carbocycles. The van der Waals surface area contributed by atoms with Gasteiger partial charge in [-0.3, -0.25) is 19.1 Å². The Morgan fingerprint density at radius 3 is 2.37 bits per heavy atom. The number of alkyl carbamates (subject to hydrolysis) is 1. The molecule has 5 atom stereocenters. The molecular weight excluding hydrogens is 702 g/mol. The summed E-state index contributed by atoms with van der Waals surface area (Å²) in [6.07, 6.45) is 2.49. The van der Waals surface area contributed by atoms with E-state index in [1.54, 1.807) is 65.9 Å². The Kier molecular flexibility index (Phi) is 10.3. The van der Waals surface area contributed by atoms with Crippen LogP contribution in [-0.4, -0.2) is 90.3 Å². The van der Waals surface area contributed by atoms with E-state index in [1.807, 2.05) is 0 Å². The van der Waals surface area contributed by atoms with Crippen molar-refractivity contribution in [1.29, 1.82) is 0 Å². The Morgan fingerprint density at radius 1 is 1.12 bits per heavy atom. The first kappa shape index (κ1) is 38.1. The third-order valence-corrected chi connectivity index (χ3v) is 11.3. The Balaban J connectivity index is 1.46. The fourth-order valence-electron chi connectivity index (χ4n) is 6.21. The molecule has 2 saturated carbocycles. The highest BCUT2D eigenvalue weighted by Crippen LogP contribution is 2.46. The van der Waals surface area contributed by atoms with E-state index in [0.717, 1.165) is 5.39 Å². The SMILES string of the molecule is C=CC1CC1(NC(=O)C1CC(Oc2cc3c(Cl)nccc3cc2OC)CN1C(=O)C(NC(=O)OC(C)(C)C)C(C)(C)C)C(=O)NS(=O)(=O)C1CC1. The summed E-state index contributed by atoms with van der Waals surface area (Å²) in [6, 6.07) is 2.86. The van der Waals surface area contributed by atoms with Crippen LogP contribution in [0.3, 0.4) is 0 Å². The van der Waals surface area contributed by atoms with Crippen molar-refractivity contribution in [3.63, 3.8) is 0 Å². The predicted molar refractivity (Wildman–Crippen MR) is 190 cm³/mol. The fourth-order valence-corrected chi connectivity index (χ4v) is 7.79. The molecule has 2 heterocycles. The number of aromatic nitrogens is 1. The molecule has 1 aromatic heterocycles. The highest BCUT2D eigenvalue weighted by atomic mass is 35.5. The number of sulfonamides is 1. The molecule has 5 rings (SSSR count). The minimum Gasteiger partial charge on any atom is -0.493 e. The number of likely N-dealkylation sites (tertiary alicyclic amines) is 1. The smallest absolute Gasteiger partial charge is 0.408 e. The van der Waals surface area contributed by atoms with Crippen molar-refractivity contribution >= 4 is 56.2 Å². The molecular formula is C35H46ClN5O9S. The van der Waals surface area contributed by atoms with Gasteiger partial charge >= 0.3 is 6.09 Å². The van der Waals surface area contributed by atoms with Crippen molar-refractivity contribution in [1.82, 2.24) is 25.2 Å². The first-order valence-corrected chi connectivity index (χ1v) is 18.7. The van der Waals surface area contributed by atoms with Gasteiger partial charge in [0.05, 0.1) is 18.9 Å². The average molecular weight is 748 g/mol. The molecule has 5 unspecified atom stereocenters. The Labute approximate surface area is 303 Å². The summed E-state index contributed by atoms with van der Waals surface area (Å²) >= 11 is 6.37. The number of ether oxygens (including phenoxy) is 3. The van der Waals surface area contributed by atoms with E-state index >= 15 is 0 Å². The summed E-state index contributed by atoms with van der Waals surface area (Å²) < 4.78 is 44.9. The molecule has 4 amide bonds. The number of fused-ring (bicyclic) bond motifs is 1. The highest BCUT2D eigenvalue weighted by molar-refractivity contribution is 7.91. The number of hydrogen-bond acceptors (Lipinski definition) is 10. The predicted octanol–water partition coefficient (Wildman–Crippen LogP) is 3.85. The quantitative estimate of drug-likeness (QED) is 0.226. The lowest BCUT2D eigenvalue weighted by atomic mass is 9.85. The van der Waals surface area contributed by atoms with Crippen molar-refractivity contribution < 1.29 is 41.8 Å². The van der Waals surface area contributed by atoms with Gasteiger partial charge in [0.25, 0.3) is 5.91 Å². The number of halogens is 1. The lowest BCUT2D eigenvalue weighted by Crippen LogP contribution is -2.60. The zero-order valence-corrected chi connectivity index (χ0v) is 31.4. The van der Waals surface area contributed by atoms with E-state index in [1.165, 1.54) is 18.1 Å². The maximum Gasteiger partial charge on any atom is 0.408 e. The number of rotatable bonds is 11. The maximum atomic E-state index is 14.4. The molecule has 1 aliphatic heterocycles. The van der Waals surface area contributed by atoms with E-state index < -0.39 is 79.7 Å². The first-order chi connectivity index (χ1) is 23.7. The number of benzene rings is 1. The molecule has 3 N–H and O–H groups in total. The topological polar surface area (TPSA) is 182 Å². The van der Waals surface area contributed by atoms with Gasteiger partial charge in [-0.25, -0.2) is 18.2 Å². The molecule has 3 aliphatic rings. The zero-order valence-electron chi connectivity index (χ0n) is 29.9. The second-order valence-corrected chi connectivity index (χ2v) is 17.8. The summed E-state index contributed by atoms with van der Waals surface area (Å²) in [5.74, 6) is -1.99. The number of carbonyl (C=O) groups is 4. The Bertz CT molecular complexity index is 1850. The van der Waals surface area contributed by atoms with Gasteiger partial charge in [0.1, 0.15) is 34.5 Å². The molecule has 0 radical (unpaired) electrons. The summed E-state index contributed by atoms with van der Waals surface area (Å²) in [5, 5.41) is 6.40. The average Bonchev–Trinajstić information content (AvgIpc) is 3.95. The molecule has 51 heavy (non-hydrogen) atoms. The fraction of sp³-hybridized carbons (Fsp3) is 0.571. The van der Waals surface area contributed by atoms with Crippen LogP contribution in [0.1, 0.15) is 67.2 Å². The van der Waals surface area contributed by atoms with Crippen LogP contribution in [0, 0.1) is 11.3 Å². The van der Waals surface area contributed by atoms with Crippen LogP contribution in [0.2, 0.25) is 5.15 Å². The summed E-state index contributed by atoms with van der Waals surface area (Å²) in [6.45, 7) is 14.1. The molecule has 1 saturated heterocycles. The lowest BCUT2D eigenvalue weighted by molar-refractivity contribution is -0.143. The second-order valence-electron chi connectivity index (χ2n) is 15.4. The number of carbonyl (C=O) groups excluding carboxylic acids is 4. The summed E-state index contributed by atoms with van der Waals surface area (Å²) in [4.78, 5) is 60.5. The number of nitrogens with one attached hydrogen (secondary N) is 3. The molecule has 0 bridgehead atoms. The van der Waals surface area contributed by atoms with Gasteiger partial charge in [0.2, 0.25) is 21.8 Å². The van der Waals surface area contributed by atoms with Gasteiger partial charge < -0.3 is 29.7 Å². The van der Waals surface area contributed by atoms with Gasteiger partial charge in [-0.1, -0.05) is 38.4 Å². The molecule has 2 aromatic rings. The Morgan fingerprint density at radius 2 is 1.80 bits per heavy atom. The molecule has 0 spiro atoms. The van der Waals surface area contributed by atoms with Gasteiger partial charge in [0, 0.05) is 23.9 Å². The van der Waals surface area contributed by atoms with Crippen LogP contribution in [-0.2, 0) is 29.1 Å². The van der Waals surface area contributed by atoms with Crippen LogP contribution in [0.15, 0.2) is 37.1 Å². The van der Waals surface area contributed by atoms with Crippen molar-refractivity contribution in [2.45, 2.75) is 102 Å². The van der Waals surface area contributed by atoms with Crippen LogP contribution in [0.5, 0.6) is 11.5 Å². The van der Waals surface area contributed by atoms with E-state index in [4.69, 9.17) is 25.8 Å². The van der Waals surface area contributed by atoms with E-state index in [-0.39, 0.29) is 24.5 Å². The zero-order chi connectivity index (χ0) is 37.7. The van der Waals surface area contributed by atoms with E-state index in [0.29, 0.717) is 29.7 Å². The summed E-state index contributed by atoms with van der Waals surface area (Å²) in [7, 11) is -2.43. The van der Waals surface area contributed by atoms with Crippen molar-refractivity contribution in [2.75, 3.05) is 13.7 Å². The third-order valence-electron chi connectivity index (χ3n) is 9.17. The molecule has 1 aromatic carbocycles. The third kappa shape index (κ3) is 8.35. The Hall–Kier alpha value is -4.11. The molecule has 16 heteroatoms. The van der Waals surface area contributed by atoms with Gasteiger partial charge in [-0.2, -0.15) is 0 Å². The number of hydrogen-bond donors (Lipinski definition) is 3. The monoisotopic (exact) mass is 747 g/mol. The first-order valence-electron chi connectivity index (χ1n) is 16.8. The van der Waals surface area contributed by atoms with Crippen molar-refractivity contribution in [2.24, 2.45) is 11.3 Å². The highest BCUT2D eigenvalue weighted by Gasteiger charge is 2.62. The normalized spacial score (nSPS) is 23.9. The lowest BCUT2D eigenvalue weighted by Gasteiger charge is -2.36. The standard InChI is InChI=1S/C35H46ClN5O9S/c1-9-20-17-35(20,31(44)40-51(46,47)22-10-11-22)39-29(42)24-15-21(49-26-16-23-19(14-25(26)48-8)12-13-37-28(23)36)18-41(24)30(43)27(33(2,3)4)38-32(45)50-34(5,6)7/h9,12-14,16,20-22,24,27H,1,10-11,15,17-18H2,2-8H3,(H,38,45)(H,39,42)(H,40,44). The van der Waals surface area contributed by atoms with E-state index in [2.05, 4.69) is 26.9 Å². The number of amides is 4. The van der Waals surface area contributed by atoms with Crippen molar-refractivity contribution in [3.05, 3.63) is 42.2 Å². The number of pyridine rings is 1. The number of methoxy groups -OCH3 is 1. The van der Waals surface area contributed by atoms with Gasteiger partial charge in [-0.05, 0) is 69.0 Å². The van der Waals surface area contributed by atoms with Crippen LogP contribution in [0.25, 0.3) is 10.8 Å². The minimum atomic E-state index is -3.91. The second kappa shape index (κ2) is 13.8. The van der Waals surface area contributed by atoms with Crippen LogP contribution >= 0.6 is 11.6 Å². The van der Waals surface area contributed by atoms with Gasteiger partial charge in [0.15, 0.2) is 11.5 Å². The van der Waals surface area contributed by atoms with Crippen LogP contribution < -0.4 is 24.8 Å². The summed E-state index contributed by atoms with van der Waals surface area (Å²) in [5.41, 5.74) is -3.24. The minimum absolute atomic E-state index is 0.0142. The molecule has 278 valence electrons. The van der Waals surface area contributed by atoms with Crippen molar-refractivity contribution in [3.8, 4) is 11.5 Å². The maximum absolute atomic E-state index is 14.4. The van der Waals surface area contributed by atoms with E-state index in [9.17, 15) is 27.6 Å². The number of nitrogens with zero attached hydrogens (tertiary/aromatic N) is 2. The molecule has 3 fully saturated rings. The van der Waals surface area contributed by atoms with Gasteiger partial charge in [-0.15, -0.1) is 6.58 Å². The largest absolute Gasteiger partial charge is 0.493 e.